The smallest absolute Gasteiger partial charge is 0.261 e. The fraction of sp³-hybridized carbons (Fsp3) is 0.0769. The van der Waals surface area contributed by atoms with Crippen molar-refractivity contribution in [2.45, 2.75) is 4.90 Å². The molecular formula is C13H10Br2FNO3S. The van der Waals surface area contributed by atoms with Gasteiger partial charge in [-0.3, -0.25) is 4.72 Å². The van der Waals surface area contributed by atoms with Crippen molar-refractivity contribution in [2.24, 2.45) is 0 Å². The van der Waals surface area contributed by atoms with Crippen LogP contribution >= 0.6 is 31.9 Å². The minimum absolute atomic E-state index is 0.0403. The summed E-state index contributed by atoms with van der Waals surface area (Å²) in [7, 11) is -2.32. The number of hydrogen-bond donors (Lipinski definition) is 1. The Kier molecular flexibility index (Phi) is 4.90. The lowest BCUT2D eigenvalue weighted by molar-refractivity contribution is 0.411. The molecule has 0 amide bonds. The highest BCUT2D eigenvalue weighted by Crippen LogP contribution is 2.28. The average Bonchev–Trinajstić information content (AvgIpc) is 2.42. The molecule has 8 heteroatoms. The summed E-state index contributed by atoms with van der Waals surface area (Å²) in [5, 5.41) is 0. The predicted molar refractivity (Wildman–Crippen MR) is 85.6 cm³/mol. The zero-order chi connectivity index (χ0) is 15.6. The maximum absolute atomic E-state index is 13.4. The van der Waals surface area contributed by atoms with Gasteiger partial charge in [-0.15, -0.1) is 0 Å². The lowest BCUT2D eigenvalue weighted by Crippen LogP contribution is -2.13. The zero-order valence-electron chi connectivity index (χ0n) is 10.7. The van der Waals surface area contributed by atoms with Gasteiger partial charge in [0.1, 0.15) is 11.6 Å². The second kappa shape index (κ2) is 6.33. The molecule has 2 aromatic carbocycles. The molecule has 0 aromatic heterocycles. The molecule has 4 nitrogen and oxygen atoms in total. The number of methoxy groups -OCH3 is 1. The van der Waals surface area contributed by atoms with Crippen molar-refractivity contribution in [3.05, 3.63) is 51.2 Å². The van der Waals surface area contributed by atoms with E-state index in [-0.39, 0.29) is 15.1 Å². The molecule has 2 rings (SSSR count). The SMILES string of the molecule is COc1ccc(S(=O)(=O)Nc2ccc(Br)c(F)c2)cc1Br. The fourth-order valence-corrected chi connectivity index (χ4v) is 3.60. The van der Waals surface area contributed by atoms with Crippen molar-refractivity contribution in [1.29, 1.82) is 0 Å². The van der Waals surface area contributed by atoms with Crippen LogP contribution in [0.3, 0.4) is 0 Å². The van der Waals surface area contributed by atoms with Crippen LogP contribution in [-0.4, -0.2) is 15.5 Å². The molecule has 0 saturated carbocycles. The Morgan fingerprint density at radius 1 is 1.10 bits per heavy atom. The van der Waals surface area contributed by atoms with Gasteiger partial charge in [-0.05, 0) is 68.3 Å². The third kappa shape index (κ3) is 3.75. The molecule has 21 heavy (non-hydrogen) atoms. The Morgan fingerprint density at radius 2 is 1.81 bits per heavy atom. The van der Waals surface area contributed by atoms with Crippen molar-refractivity contribution in [2.75, 3.05) is 11.8 Å². The minimum Gasteiger partial charge on any atom is -0.496 e. The molecule has 0 fully saturated rings. The van der Waals surface area contributed by atoms with E-state index in [9.17, 15) is 12.8 Å². The zero-order valence-corrected chi connectivity index (χ0v) is 14.7. The standard InChI is InChI=1S/C13H10Br2FNO3S/c1-20-13-5-3-9(7-11(13)15)21(18,19)17-8-2-4-10(14)12(16)6-8/h2-7,17H,1H3. The number of anilines is 1. The van der Waals surface area contributed by atoms with E-state index in [2.05, 4.69) is 36.6 Å². The number of sulfonamides is 1. The second-order valence-electron chi connectivity index (χ2n) is 4.03. The number of nitrogens with one attached hydrogen (secondary N) is 1. The second-order valence-corrected chi connectivity index (χ2v) is 7.42. The highest BCUT2D eigenvalue weighted by atomic mass is 79.9. The molecule has 0 saturated heterocycles. The quantitative estimate of drug-likeness (QED) is 0.779. The molecular weight excluding hydrogens is 429 g/mol. The van der Waals surface area contributed by atoms with E-state index in [1.165, 1.54) is 37.4 Å². The van der Waals surface area contributed by atoms with Crippen LogP contribution in [-0.2, 0) is 10.0 Å². The Bertz CT molecular complexity index is 781. The van der Waals surface area contributed by atoms with Gasteiger partial charge in [-0.25, -0.2) is 12.8 Å². The van der Waals surface area contributed by atoms with Crippen molar-refractivity contribution in [3.8, 4) is 5.75 Å². The first-order valence-electron chi connectivity index (χ1n) is 5.65. The molecule has 0 aliphatic heterocycles. The number of ether oxygens (including phenoxy) is 1. The van der Waals surface area contributed by atoms with Gasteiger partial charge in [0.2, 0.25) is 0 Å². The van der Waals surface area contributed by atoms with Crippen LogP contribution < -0.4 is 9.46 Å². The topological polar surface area (TPSA) is 55.4 Å². The lowest BCUT2D eigenvalue weighted by atomic mass is 10.3. The molecule has 0 unspecified atom stereocenters. The van der Waals surface area contributed by atoms with Crippen LogP contribution in [0.5, 0.6) is 5.75 Å². The summed E-state index contributed by atoms with van der Waals surface area (Å²) in [6.07, 6.45) is 0. The van der Waals surface area contributed by atoms with Gasteiger partial charge in [0.15, 0.2) is 0 Å². The maximum atomic E-state index is 13.4. The van der Waals surface area contributed by atoms with Crippen LogP contribution in [0.1, 0.15) is 0 Å². The molecule has 2 aromatic rings. The maximum Gasteiger partial charge on any atom is 0.261 e. The highest BCUT2D eigenvalue weighted by Gasteiger charge is 2.16. The summed E-state index contributed by atoms with van der Waals surface area (Å²) in [6, 6.07) is 8.33. The van der Waals surface area contributed by atoms with E-state index in [0.717, 1.165) is 6.07 Å². The molecule has 112 valence electrons. The molecule has 0 aliphatic rings. The van der Waals surface area contributed by atoms with Crippen molar-refractivity contribution in [3.63, 3.8) is 0 Å². The van der Waals surface area contributed by atoms with Crippen LogP contribution in [0.2, 0.25) is 0 Å². The molecule has 0 bridgehead atoms. The number of rotatable bonds is 4. The molecule has 0 atom stereocenters. The summed E-state index contributed by atoms with van der Waals surface area (Å²) in [5.41, 5.74) is 0.141. The third-order valence-electron chi connectivity index (χ3n) is 2.61. The summed E-state index contributed by atoms with van der Waals surface area (Å²) in [6.45, 7) is 0. The lowest BCUT2D eigenvalue weighted by Gasteiger charge is -2.10. The van der Waals surface area contributed by atoms with Crippen LogP contribution in [0.4, 0.5) is 10.1 Å². The fourth-order valence-electron chi connectivity index (χ4n) is 1.59. The normalized spacial score (nSPS) is 11.2. The van der Waals surface area contributed by atoms with Gasteiger partial charge in [0.25, 0.3) is 10.0 Å². The summed E-state index contributed by atoms with van der Waals surface area (Å²) in [5.74, 6) is -0.0326. The summed E-state index contributed by atoms with van der Waals surface area (Å²) in [4.78, 5) is 0.0403. The molecule has 0 radical (unpaired) electrons. The van der Waals surface area contributed by atoms with E-state index in [1.807, 2.05) is 0 Å². The van der Waals surface area contributed by atoms with Gasteiger partial charge >= 0.3 is 0 Å². The van der Waals surface area contributed by atoms with Crippen LogP contribution in [0.15, 0.2) is 50.2 Å². The third-order valence-corrected chi connectivity index (χ3v) is 5.25. The number of halogens is 3. The van der Waals surface area contributed by atoms with E-state index >= 15 is 0 Å². The van der Waals surface area contributed by atoms with E-state index in [1.54, 1.807) is 0 Å². The Morgan fingerprint density at radius 3 is 2.38 bits per heavy atom. The van der Waals surface area contributed by atoms with Gasteiger partial charge in [-0.1, -0.05) is 0 Å². The average molecular weight is 439 g/mol. The van der Waals surface area contributed by atoms with E-state index in [4.69, 9.17) is 4.74 Å². The van der Waals surface area contributed by atoms with E-state index in [0.29, 0.717) is 10.2 Å². The first-order chi connectivity index (χ1) is 9.83. The summed E-state index contributed by atoms with van der Waals surface area (Å²) >= 11 is 6.23. The Hall–Kier alpha value is -1.12. The van der Waals surface area contributed by atoms with Crippen molar-refractivity contribution in [1.82, 2.24) is 0 Å². The van der Waals surface area contributed by atoms with Gasteiger partial charge in [0, 0.05) is 0 Å². The van der Waals surface area contributed by atoms with Crippen LogP contribution in [0, 0.1) is 5.82 Å². The minimum atomic E-state index is -3.81. The predicted octanol–water partition coefficient (Wildman–Crippen LogP) is 4.16. The van der Waals surface area contributed by atoms with Gasteiger partial charge in [0.05, 0.1) is 26.6 Å². The number of hydrogen-bond acceptors (Lipinski definition) is 3. The molecule has 0 heterocycles. The van der Waals surface area contributed by atoms with E-state index < -0.39 is 15.8 Å². The first-order valence-corrected chi connectivity index (χ1v) is 8.72. The summed E-state index contributed by atoms with van der Waals surface area (Å²) < 4.78 is 46.0. The Balaban J connectivity index is 2.33. The van der Waals surface area contributed by atoms with Crippen molar-refractivity contribution < 1.29 is 17.5 Å². The number of benzene rings is 2. The van der Waals surface area contributed by atoms with Crippen molar-refractivity contribution >= 4 is 47.6 Å². The highest BCUT2D eigenvalue weighted by molar-refractivity contribution is 9.10. The van der Waals surface area contributed by atoms with Crippen LogP contribution in [0.25, 0.3) is 0 Å². The molecule has 0 aliphatic carbocycles. The molecule has 0 spiro atoms. The first kappa shape index (κ1) is 16.3. The largest absolute Gasteiger partial charge is 0.496 e. The monoisotopic (exact) mass is 437 g/mol. The molecule has 1 N–H and O–H groups in total. The van der Waals surface area contributed by atoms with Gasteiger partial charge < -0.3 is 4.74 Å². The Labute approximate surface area is 138 Å². The van der Waals surface area contributed by atoms with Gasteiger partial charge in [-0.2, -0.15) is 0 Å².